The van der Waals surface area contributed by atoms with Gasteiger partial charge >= 0.3 is 0 Å². The highest BCUT2D eigenvalue weighted by Crippen LogP contribution is 2.12. The molecule has 0 aliphatic carbocycles. The number of hydrogen-bond donors (Lipinski definition) is 1. The molecular weight excluding hydrogens is 222 g/mol. The number of para-hydroxylation sites is 1. The second kappa shape index (κ2) is 7.39. The lowest BCUT2D eigenvalue weighted by molar-refractivity contribution is 0.298. The minimum Gasteiger partial charge on any atom is -0.371 e. The van der Waals surface area contributed by atoms with Crippen LogP contribution in [0.3, 0.4) is 0 Å². The van der Waals surface area contributed by atoms with Crippen LogP contribution in [0.4, 0.5) is 5.69 Å². The van der Waals surface area contributed by atoms with E-state index >= 15 is 0 Å². The Kier molecular flexibility index (Phi) is 5.49. The van der Waals surface area contributed by atoms with E-state index in [9.17, 15) is 0 Å². The second-order valence-electron chi connectivity index (χ2n) is 4.86. The Morgan fingerprint density at radius 3 is 2.78 bits per heavy atom. The summed E-state index contributed by atoms with van der Waals surface area (Å²) in [5.41, 5.74) is 1.34. The van der Waals surface area contributed by atoms with E-state index in [0.29, 0.717) is 0 Å². The monoisotopic (exact) mass is 247 g/mol. The van der Waals surface area contributed by atoms with Gasteiger partial charge in [0.1, 0.15) is 0 Å². The fourth-order valence-corrected chi connectivity index (χ4v) is 2.50. The second-order valence-corrected chi connectivity index (χ2v) is 4.86. The number of likely N-dealkylation sites (N-methyl/N-ethyl adjacent to an activating group) is 1. The number of hydrogen-bond acceptors (Lipinski definition) is 3. The smallest absolute Gasteiger partial charge is 0.0366 e. The Balaban J connectivity index is 1.83. The number of nitrogens with zero attached hydrogens (tertiary/aromatic N) is 2. The summed E-state index contributed by atoms with van der Waals surface area (Å²) in [7, 11) is 0. The molecule has 100 valence electrons. The molecular formula is C15H25N3. The van der Waals surface area contributed by atoms with E-state index in [4.69, 9.17) is 0 Å². The van der Waals surface area contributed by atoms with E-state index in [1.165, 1.54) is 38.3 Å². The zero-order chi connectivity index (χ0) is 12.6. The van der Waals surface area contributed by atoms with Crippen LogP contribution in [0, 0.1) is 0 Å². The number of rotatable bonds is 5. The van der Waals surface area contributed by atoms with Crippen LogP contribution >= 0.6 is 0 Å². The summed E-state index contributed by atoms with van der Waals surface area (Å²) in [6, 6.07) is 10.7. The first-order valence-corrected chi connectivity index (χ1v) is 7.13. The molecule has 0 aromatic heterocycles. The average Bonchev–Trinajstić information content (AvgIpc) is 2.69. The highest BCUT2D eigenvalue weighted by Gasteiger charge is 2.10. The molecule has 3 nitrogen and oxygen atoms in total. The Morgan fingerprint density at radius 2 is 2.00 bits per heavy atom. The first kappa shape index (κ1) is 13.4. The summed E-state index contributed by atoms with van der Waals surface area (Å²) in [5.74, 6) is 0. The van der Waals surface area contributed by atoms with Crippen LogP contribution in [0.25, 0.3) is 0 Å². The molecule has 3 heteroatoms. The molecule has 0 saturated carbocycles. The topological polar surface area (TPSA) is 18.5 Å². The van der Waals surface area contributed by atoms with Crippen LogP contribution in [0.2, 0.25) is 0 Å². The van der Waals surface area contributed by atoms with Crippen molar-refractivity contribution in [3.8, 4) is 0 Å². The lowest BCUT2D eigenvalue weighted by Crippen LogP contribution is -2.37. The predicted octanol–water partition coefficient (Wildman–Crippen LogP) is 1.81. The molecule has 0 spiro atoms. The number of anilines is 1. The van der Waals surface area contributed by atoms with Gasteiger partial charge in [-0.1, -0.05) is 18.2 Å². The van der Waals surface area contributed by atoms with E-state index in [1.807, 2.05) is 0 Å². The zero-order valence-corrected chi connectivity index (χ0v) is 11.4. The molecule has 2 rings (SSSR count). The molecule has 0 bridgehead atoms. The predicted molar refractivity (Wildman–Crippen MR) is 78.3 cm³/mol. The van der Waals surface area contributed by atoms with E-state index < -0.39 is 0 Å². The quantitative estimate of drug-likeness (QED) is 0.856. The third-order valence-corrected chi connectivity index (χ3v) is 3.62. The van der Waals surface area contributed by atoms with E-state index in [0.717, 1.165) is 19.6 Å². The van der Waals surface area contributed by atoms with Gasteiger partial charge in [-0.15, -0.1) is 0 Å². The minimum atomic E-state index is 1.08. The number of benzene rings is 1. The summed E-state index contributed by atoms with van der Waals surface area (Å²) >= 11 is 0. The lowest BCUT2D eigenvalue weighted by Gasteiger charge is -2.27. The van der Waals surface area contributed by atoms with Crippen LogP contribution < -0.4 is 10.2 Å². The summed E-state index contributed by atoms with van der Waals surface area (Å²) in [4.78, 5) is 5.03. The van der Waals surface area contributed by atoms with Crippen molar-refractivity contribution in [1.29, 1.82) is 0 Å². The third-order valence-electron chi connectivity index (χ3n) is 3.62. The van der Waals surface area contributed by atoms with Gasteiger partial charge in [-0.3, -0.25) is 0 Å². The maximum Gasteiger partial charge on any atom is 0.0366 e. The SMILES string of the molecule is CCN(CCN1CCCNCC1)c1ccccc1. The average molecular weight is 247 g/mol. The van der Waals surface area contributed by atoms with Gasteiger partial charge in [0.05, 0.1) is 0 Å². The zero-order valence-electron chi connectivity index (χ0n) is 11.4. The highest BCUT2D eigenvalue weighted by molar-refractivity contribution is 5.45. The van der Waals surface area contributed by atoms with E-state index in [-0.39, 0.29) is 0 Å². The van der Waals surface area contributed by atoms with Crippen molar-refractivity contribution in [1.82, 2.24) is 10.2 Å². The molecule has 0 unspecified atom stereocenters. The summed E-state index contributed by atoms with van der Waals surface area (Å²) in [6.45, 7) is 10.3. The standard InChI is InChI=1S/C15H25N3/c1-2-18(15-7-4-3-5-8-15)14-13-17-11-6-9-16-10-12-17/h3-5,7-8,16H,2,6,9-14H2,1H3. The molecule has 1 N–H and O–H groups in total. The fourth-order valence-electron chi connectivity index (χ4n) is 2.50. The van der Waals surface area contributed by atoms with E-state index in [1.54, 1.807) is 0 Å². The van der Waals surface area contributed by atoms with Crippen molar-refractivity contribution in [2.45, 2.75) is 13.3 Å². The Hall–Kier alpha value is -1.06. The maximum absolute atomic E-state index is 3.46. The van der Waals surface area contributed by atoms with Crippen molar-refractivity contribution in [3.05, 3.63) is 30.3 Å². The summed E-state index contributed by atoms with van der Waals surface area (Å²) in [6.07, 6.45) is 1.28. The van der Waals surface area contributed by atoms with Gasteiger partial charge in [-0.2, -0.15) is 0 Å². The van der Waals surface area contributed by atoms with Gasteiger partial charge in [-0.25, -0.2) is 0 Å². The minimum absolute atomic E-state index is 1.08. The Bertz CT molecular complexity index is 318. The van der Waals surface area contributed by atoms with Gasteiger partial charge in [-0.05, 0) is 38.6 Å². The van der Waals surface area contributed by atoms with Crippen molar-refractivity contribution in [2.75, 3.05) is 50.7 Å². The van der Waals surface area contributed by atoms with E-state index in [2.05, 4.69) is 52.4 Å². The van der Waals surface area contributed by atoms with Crippen molar-refractivity contribution >= 4 is 5.69 Å². The molecule has 1 heterocycles. The third kappa shape index (κ3) is 4.00. The molecule has 0 atom stereocenters. The number of nitrogens with one attached hydrogen (secondary N) is 1. The largest absolute Gasteiger partial charge is 0.371 e. The normalized spacial score (nSPS) is 17.4. The summed E-state index contributed by atoms with van der Waals surface area (Å²) < 4.78 is 0. The van der Waals surface area contributed by atoms with Crippen LogP contribution in [-0.2, 0) is 0 Å². The van der Waals surface area contributed by atoms with Gasteiger partial charge < -0.3 is 15.1 Å². The molecule has 1 saturated heterocycles. The Labute approximate surface area is 111 Å². The van der Waals surface area contributed by atoms with Crippen LogP contribution in [-0.4, -0.2) is 50.7 Å². The first-order valence-electron chi connectivity index (χ1n) is 7.13. The summed E-state index contributed by atoms with van der Waals surface area (Å²) in [5, 5.41) is 3.46. The molecule has 1 aromatic rings. The van der Waals surface area contributed by atoms with Crippen LogP contribution in [0.1, 0.15) is 13.3 Å². The van der Waals surface area contributed by atoms with Crippen LogP contribution in [0.15, 0.2) is 30.3 Å². The Morgan fingerprint density at radius 1 is 1.17 bits per heavy atom. The molecule has 18 heavy (non-hydrogen) atoms. The molecule has 1 aliphatic heterocycles. The first-order chi connectivity index (χ1) is 8.90. The van der Waals surface area contributed by atoms with Gasteiger partial charge in [0.15, 0.2) is 0 Å². The lowest BCUT2D eigenvalue weighted by atomic mass is 10.3. The molecule has 0 radical (unpaired) electrons. The van der Waals surface area contributed by atoms with Gasteiger partial charge in [0.25, 0.3) is 0 Å². The highest BCUT2D eigenvalue weighted by atomic mass is 15.2. The molecule has 1 aliphatic rings. The maximum atomic E-state index is 3.46. The molecule has 0 amide bonds. The van der Waals surface area contributed by atoms with Gasteiger partial charge in [0.2, 0.25) is 0 Å². The molecule has 1 aromatic carbocycles. The van der Waals surface area contributed by atoms with Crippen LogP contribution in [0.5, 0.6) is 0 Å². The molecule has 1 fully saturated rings. The van der Waals surface area contributed by atoms with Crippen molar-refractivity contribution in [3.63, 3.8) is 0 Å². The van der Waals surface area contributed by atoms with Crippen molar-refractivity contribution in [2.24, 2.45) is 0 Å². The fraction of sp³-hybridized carbons (Fsp3) is 0.600. The van der Waals surface area contributed by atoms with Gasteiger partial charge in [0, 0.05) is 38.4 Å². The van der Waals surface area contributed by atoms with Crippen molar-refractivity contribution < 1.29 is 0 Å².